The molecule has 36 heavy (non-hydrogen) atoms. The SMILES string of the molecule is C.CCNC(=O)Nc1nc2c(-c3cc(OC)ccn3)cc(-n3cnc(C(=O)NC(C)(C)C)c3)cc2[nH]1. The molecule has 0 saturated carbocycles. The van der Waals surface area contributed by atoms with Crippen LogP contribution in [0.25, 0.3) is 28.0 Å². The number of hydrogen-bond donors (Lipinski definition) is 4. The normalized spacial score (nSPS) is 11.0. The number of anilines is 1. The number of carbonyl (C=O) groups excluding carboxylic acids is 2. The van der Waals surface area contributed by atoms with Crippen LogP contribution in [-0.4, -0.2) is 55.6 Å². The molecule has 4 N–H and O–H groups in total. The lowest BCUT2D eigenvalue weighted by atomic mass is 10.1. The summed E-state index contributed by atoms with van der Waals surface area (Å²) < 4.78 is 7.11. The second-order valence-corrected chi connectivity index (χ2v) is 8.91. The Morgan fingerprint density at radius 2 is 1.94 bits per heavy atom. The number of amides is 3. The Kier molecular flexibility index (Phi) is 7.62. The number of aromatic nitrogens is 5. The van der Waals surface area contributed by atoms with E-state index < -0.39 is 0 Å². The Labute approximate surface area is 209 Å². The number of methoxy groups -OCH3 is 1. The fourth-order valence-corrected chi connectivity index (χ4v) is 3.49. The van der Waals surface area contributed by atoms with Gasteiger partial charge in [0.15, 0.2) is 0 Å². The van der Waals surface area contributed by atoms with E-state index in [1.165, 1.54) is 0 Å². The molecule has 0 atom stereocenters. The van der Waals surface area contributed by atoms with Gasteiger partial charge in [-0.15, -0.1) is 0 Å². The first-order chi connectivity index (χ1) is 16.7. The Balaban J connectivity index is 0.00000361. The van der Waals surface area contributed by atoms with Crippen LogP contribution in [0.5, 0.6) is 5.75 Å². The largest absolute Gasteiger partial charge is 0.497 e. The lowest BCUT2D eigenvalue weighted by molar-refractivity contribution is 0.0915. The van der Waals surface area contributed by atoms with E-state index in [1.807, 2.05) is 39.8 Å². The third-order valence-electron chi connectivity index (χ3n) is 4.99. The zero-order valence-electron chi connectivity index (χ0n) is 20.3. The van der Waals surface area contributed by atoms with Crippen LogP contribution < -0.4 is 20.7 Å². The fourth-order valence-electron chi connectivity index (χ4n) is 3.49. The zero-order valence-corrected chi connectivity index (χ0v) is 20.3. The minimum atomic E-state index is -0.381. The number of pyridine rings is 1. The molecule has 0 bridgehead atoms. The van der Waals surface area contributed by atoms with Crippen LogP contribution in [0.4, 0.5) is 10.7 Å². The summed E-state index contributed by atoms with van der Waals surface area (Å²) in [5.41, 5.74) is 3.28. The highest BCUT2D eigenvalue weighted by atomic mass is 16.5. The van der Waals surface area contributed by atoms with E-state index in [0.29, 0.717) is 46.2 Å². The third-order valence-corrected chi connectivity index (χ3v) is 4.99. The number of nitrogens with one attached hydrogen (secondary N) is 4. The van der Waals surface area contributed by atoms with Gasteiger partial charge in [0, 0.05) is 41.8 Å². The van der Waals surface area contributed by atoms with Gasteiger partial charge >= 0.3 is 6.03 Å². The molecule has 4 aromatic rings. The molecule has 190 valence electrons. The van der Waals surface area contributed by atoms with Crippen LogP contribution in [0.3, 0.4) is 0 Å². The molecule has 0 aliphatic rings. The van der Waals surface area contributed by atoms with Gasteiger partial charge in [-0.05, 0) is 45.9 Å². The van der Waals surface area contributed by atoms with E-state index in [0.717, 1.165) is 5.69 Å². The quantitative estimate of drug-likeness (QED) is 0.319. The van der Waals surface area contributed by atoms with Gasteiger partial charge in [0.05, 0.1) is 18.3 Å². The van der Waals surface area contributed by atoms with E-state index in [2.05, 4.69) is 35.9 Å². The third kappa shape index (κ3) is 5.80. The molecule has 0 aliphatic heterocycles. The number of nitrogens with zero attached hydrogens (tertiary/aromatic N) is 4. The van der Waals surface area contributed by atoms with Crippen LogP contribution in [-0.2, 0) is 0 Å². The molecule has 0 aliphatic carbocycles. The van der Waals surface area contributed by atoms with Crippen molar-refractivity contribution in [1.82, 2.24) is 35.1 Å². The second kappa shape index (κ2) is 10.5. The van der Waals surface area contributed by atoms with Crippen molar-refractivity contribution in [3.63, 3.8) is 0 Å². The molecule has 0 fully saturated rings. The molecule has 0 unspecified atom stereocenters. The predicted molar refractivity (Wildman–Crippen MR) is 140 cm³/mol. The average Bonchev–Trinajstić information content (AvgIpc) is 3.44. The van der Waals surface area contributed by atoms with Gasteiger partial charge in [0.25, 0.3) is 5.91 Å². The molecule has 11 heteroatoms. The van der Waals surface area contributed by atoms with Gasteiger partial charge in [-0.2, -0.15) is 0 Å². The fraction of sp³-hybridized carbons (Fsp3) is 0.320. The smallest absolute Gasteiger partial charge is 0.321 e. The molecule has 3 heterocycles. The Morgan fingerprint density at radius 1 is 1.17 bits per heavy atom. The summed E-state index contributed by atoms with van der Waals surface area (Å²) in [5, 5.41) is 8.29. The Bertz CT molecular complexity index is 1380. The van der Waals surface area contributed by atoms with Gasteiger partial charge in [-0.3, -0.25) is 15.1 Å². The van der Waals surface area contributed by atoms with E-state index in [-0.39, 0.29) is 24.9 Å². The number of hydrogen-bond acceptors (Lipinski definition) is 6. The molecular formula is C25H32N8O3. The standard InChI is InChI=1S/C24H28N8O3.CH4/c1-6-25-23(34)30-22-28-18-10-14(32-12-19(27-13-32)21(33)31-24(2,3)4)9-16(20(18)29-22)17-11-15(35-5)7-8-26-17;/h7-13H,6H2,1-5H3,(H,31,33)(H3,25,28,29,30,34);1H4. The monoisotopic (exact) mass is 492 g/mol. The maximum absolute atomic E-state index is 12.6. The second-order valence-electron chi connectivity index (χ2n) is 8.91. The molecule has 0 spiro atoms. The van der Waals surface area contributed by atoms with E-state index in [4.69, 9.17) is 4.74 Å². The summed E-state index contributed by atoms with van der Waals surface area (Å²) in [6.45, 7) is 8.05. The van der Waals surface area contributed by atoms with Crippen LogP contribution in [0.2, 0.25) is 0 Å². The van der Waals surface area contributed by atoms with Crippen molar-refractivity contribution in [2.75, 3.05) is 19.0 Å². The highest BCUT2D eigenvalue weighted by molar-refractivity contribution is 5.97. The molecular weight excluding hydrogens is 460 g/mol. The van der Waals surface area contributed by atoms with Gasteiger partial charge < -0.3 is 24.9 Å². The number of benzene rings is 1. The maximum atomic E-state index is 12.6. The molecule has 0 saturated heterocycles. The lowest BCUT2D eigenvalue weighted by Crippen LogP contribution is -2.40. The summed E-state index contributed by atoms with van der Waals surface area (Å²) in [4.78, 5) is 41.1. The summed E-state index contributed by atoms with van der Waals surface area (Å²) in [6.07, 6.45) is 4.89. The van der Waals surface area contributed by atoms with E-state index in [9.17, 15) is 9.59 Å². The minimum Gasteiger partial charge on any atom is -0.497 e. The topological polar surface area (TPSA) is 139 Å². The van der Waals surface area contributed by atoms with Crippen molar-refractivity contribution in [1.29, 1.82) is 0 Å². The molecule has 11 nitrogen and oxygen atoms in total. The van der Waals surface area contributed by atoms with E-state index in [1.54, 1.807) is 42.5 Å². The molecule has 3 amide bonds. The number of H-pyrrole nitrogens is 1. The number of aromatic amines is 1. The van der Waals surface area contributed by atoms with Crippen LogP contribution >= 0.6 is 0 Å². The summed E-state index contributed by atoms with van der Waals surface area (Å²) >= 11 is 0. The molecule has 1 aromatic carbocycles. The van der Waals surface area contributed by atoms with Gasteiger partial charge in [-0.25, -0.2) is 14.8 Å². The van der Waals surface area contributed by atoms with Gasteiger partial charge in [-0.1, -0.05) is 7.43 Å². The first kappa shape index (κ1) is 26.2. The lowest BCUT2D eigenvalue weighted by Gasteiger charge is -2.19. The molecule has 3 aromatic heterocycles. The van der Waals surface area contributed by atoms with Crippen molar-refractivity contribution >= 4 is 28.9 Å². The number of imidazole rings is 2. The average molecular weight is 493 g/mol. The summed E-state index contributed by atoms with van der Waals surface area (Å²) in [7, 11) is 1.59. The van der Waals surface area contributed by atoms with Crippen molar-refractivity contribution < 1.29 is 14.3 Å². The summed E-state index contributed by atoms with van der Waals surface area (Å²) in [6, 6.07) is 6.96. The van der Waals surface area contributed by atoms with Gasteiger partial charge in [0.1, 0.15) is 23.3 Å². The highest BCUT2D eigenvalue weighted by Gasteiger charge is 2.19. The number of ether oxygens (including phenoxy) is 1. The molecule has 4 rings (SSSR count). The number of fused-ring (bicyclic) bond motifs is 1. The minimum absolute atomic E-state index is 0. The summed E-state index contributed by atoms with van der Waals surface area (Å²) in [5.74, 6) is 0.679. The number of rotatable bonds is 6. The number of carbonyl (C=O) groups is 2. The number of urea groups is 1. The van der Waals surface area contributed by atoms with Gasteiger partial charge in [0.2, 0.25) is 5.95 Å². The maximum Gasteiger partial charge on any atom is 0.321 e. The van der Waals surface area contributed by atoms with Crippen molar-refractivity contribution in [2.45, 2.75) is 40.7 Å². The Hall–Kier alpha value is -4.41. The highest BCUT2D eigenvalue weighted by Crippen LogP contribution is 2.31. The predicted octanol–water partition coefficient (Wildman–Crippen LogP) is 4.13. The zero-order chi connectivity index (χ0) is 25.2. The van der Waals surface area contributed by atoms with Crippen molar-refractivity contribution in [2.24, 2.45) is 0 Å². The van der Waals surface area contributed by atoms with Crippen LogP contribution in [0, 0.1) is 0 Å². The first-order valence-corrected chi connectivity index (χ1v) is 11.1. The van der Waals surface area contributed by atoms with Crippen LogP contribution in [0.1, 0.15) is 45.6 Å². The van der Waals surface area contributed by atoms with E-state index >= 15 is 0 Å². The van der Waals surface area contributed by atoms with Crippen molar-refractivity contribution in [3.8, 4) is 22.7 Å². The Morgan fingerprint density at radius 3 is 2.64 bits per heavy atom. The molecule has 0 radical (unpaired) electrons. The first-order valence-electron chi connectivity index (χ1n) is 11.1. The van der Waals surface area contributed by atoms with Crippen LogP contribution in [0.15, 0.2) is 43.0 Å². The van der Waals surface area contributed by atoms with Crippen molar-refractivity contribution in [3.05, 3.63) is 48.7 Å².